The lowest BCUT2D eigenvalue weighted by Gasteiger charge is -2.41. The number of nitrogens with zero attached hydrogens (tertiary/aromatic N) is 2. The third kappa shape index (κ3) is 3.28. The fourth-order valence-corrected chi connectivity index (χ4v) is 2.77. The minimum absolute atomic E-state index is 0.103. The van der Waals surface area contributed by atoms with Gasteiger partial charge in [0, 0.05) is 17.5 Å². The van der Waals surface area contributed by atoms with Gasteiger partial charge in [0.05, 0.1) is 0 Å². The van der Waals surface area contributed by atoms with Crippen molar-refractivity contribution in [1.82, 2.24) is 9.97 Å². The molecule has 1 aliphatic rings. The maximum absolute atomic E-state index is 5.61. The standard InChI is InChI=1S/C16H29N5/c1-6-16(8-7-9-16)10-18-12-11(2)13(21-17)20-14(19-12)15(3,4)5/h6-10,17H2,1-5H3,(H2,18,19,20,21). The average molecular weight is 291 g/mol. The molecule has 0 aromatic carbocycles. The van der Waals surface area contributed by atoms with E-state index in [0.717, 1.165) is 23.8 Å². The lowest BCUT2D eigenvalue weighted by atomic mass is 9.67. The van der Waals surface area contributed by atoms with E-state index >= 15 is 0 Å². The van der Waals surface area contributed by atoms with Crippen molar-refractivity contribution in [2.24, 2.45) is 11.3 Å². The summed E-state index contributed by atoms with van der Waals surface area (Å²) < 4.78 is 0. The Morgan fingerprint density at radius 1 is 1.19 bits per heavy atom. The highest BCUT2D eigenvalue weighted by atomic mass is 15.3. The van der Waals surface area contributed by atoms with E-state index < -0.39 is 0 Å². The highest BCUT2D eigenvalue weighted by Crippen LogP contribution is 2.43. The molecule has 0 unspecified atom stereocenters. The van der Waals surface area contributed by atoms with Gasteiger partial charge < -0.3 is 10.7 Å². The summed E-state index contributed by atoms with van der Waals surface area (Å²) in [5.74, 6) is 8.03. The monoisotopic (exact) mass is 291 g/mol. The molecule has 0 aliphatic heterocycles. The maximum atomic E-state index is 5.61. The molecule has 2 rings (SSSR count). The first-order valence-electron chi connectivity index (χ1n) is 7.91. The summed E-state index contributed by atoms with van der Waals surface area (Å²) >= 11 is 0. The molecule has 1 fully saturated rings. The molecule has 1 aromatic heterocycles. The highest BCUT2D eigenvalue weighted by Gasteiger charge is 2.35. The molecule has 0 saturated heterocycles. The van der Waals surface area contributed by atoms with Gasteiger partial charge in [-0.1, -0.05) is 34.1 Å². The molecule has 0 amide bonds. The summed E-state index contributed by atoms with van der Waals surface area (Å²) in [6.07, 6.45) is 5.20. The predicted molar refractivity (Wildman–Crippen MR) is 88.3 cm³/mol. The Kier molecular flexibility index (Phi) is 4.42. The van der Waals surface area contributed by atoms with Crippen molar-refractivity contribution in [2.45, 2.75) is 65.7 Å². The number of nitrogen functional groups attached to an aromatic ring is 1. The minimum atomic E-state index is -0.103. The Bertz CT molecular complexity index is 495. The van der Waals surface area contributed by atoms with E-state index in [1.165, 1.54) is 25.7 Å². The van der Waals surface area contributed by atoms with Crippen LogP contribution < -0.4 is 16.6 Å². The van der Waals surface area contributed by atoms with Crippen molar-refractivity contribution in [3.8, 4) is 0 Å². The minimum Gasteiger partial charge on any atom is -0.369 e. The molecular weight excluding hydrogens is 262 g/mol. The van der Waals surface area contributed by atoms with Gasteiger partial charge in [-0.25, -0.2) is 15.8 Å². The fraction of sp³-hybridized carbons (Fsp3) is 0.750. The van der Waals surface area contributed by atoms with Gasteiger partial charge in [-0.05, 0) is 31.6 Å². The summed E-state index contributed by atoms with van der Waals surface area (Å²) in [5.41, 5.74) is 4.03. The van der Waals surface area contributed by atoms with E-state index in [4.69, 9.17) is 10.8 Å². The molecule has 4 N–H and O–H groups in total. The second-order valence-electron chi connectivity index (χ2n) is 7.32. The molecule has 0 radical (unpaired) electrons. The van der Waals surface area contributed by atoms with Gasteiger partial charge in [0.1, 0.15) is 17.5 Å². The first-order valence-corrected chi connectivity index (χ1v) is 7.91. The van der Waals surface area contributed by atoms with Crippen molar-refractivity contribution in [3.63, 3.8) is 0 Å². The summed E-state index contributed by atoms with van der Waals surface area (Å²) in [6.45, 7) is 11.6. The summed E-state index contributed by atoms with van der Waals surface area (Å²) in [4.78, 5) is 9.26. The van der Waals surface area contributed by atoms with Crippen molar-refractivity contribution in [3.05, 3.63) is 11.4 Å². The molecule has 118 valence electrons. The average Bonchev–Trinajstić information content (AvgIpc) is 2.38. The Hall–Kier alpha value is -1.36. The first kappa shape index (κ1) is 16.0. The molecule has 0 atom stereocenters. The van der Waals surface area contributed by atoms with Gasteiger partial charge in [-0.15, -0.1) is 0 Å². The lowest BCUT2D eigenvalue weighted by Crippen LogP contribution is -2.36. The Morgan fingerprint density at radius 3 is 2.24 bits per heavy atom. The van der Waals surface area contributed by atoms with Gasteiger partial charge in [-0.2, -0.15) is 0 Å². The van der Waals surface area contributed by atoms with E-state index in [0.29, 0.717) is 11.2 Å². The van der Waals surface area contributed by atoms with Crippen LogP contribution in [-0.2, 0) is 5.41 Å². The van der Waals surface area contributed by atoms with Crippen LogP contribution in [-0.4, -0.2) is 16.5 Å². The molecule has 1 aliphatic carbocycles. The summed E-state index contributed by atoms with van der Waals surface area (Å²) in [6, 6.07) is 0. The number of nitrogens with two attached hydrogens (primary N) is 1. The molecule has 5 nitrogen and oxygen atoms in total. The number of aromatic nitrogens is 2. The van der Waals surface area contributed by atoms with E-state index in [1.807, 2.05) is 6.92 Å². The summed E-state index contributed by atoms with van der Waals surface area (Å²) in [7, 11) is 0. The Balaban J connectivity index is 2.25. The zero-order valence-corrected chi connectivity index (χ0v) is 14.0. The number of hydrogen-bond donors (Lipinski definition) is 3. The lowest BCUT2D eigenvalue weighted by molar-refractivity contribution is 0.145. The first-order chi connectivity index (χ1) is 9.81. The number of hydrazine groups is 1. The third-order valence-electron chi connectivity index (χ3n) is 4.75. The smallest absolute Gasteiger partial charge is 0.148 e. The van der Waals surface area contributed by atoms with Gasteiger partial charge in [0.25, 0.3) is 0 Å². The van der Waals surface area contributed by atoms with Crippen LogP contribution in [0.5, 0.6) is 0 Å². The largest absolute Gasteiger partial charge is 0.369 e. The zero-order chi connectivity index (χ0) is 15.7. The van der Waals surface area contributed by atoms with Crippen molar-refractivity contribution in [1.29, 1.82) is 0 Å². The molecular formula is C16H29N5. The zero-order valence-electron chi connectivity index (χ0n) is 14.0. The van der Waals surface area contributed by atoms with Crippen molar-refractivity contribution in [2.75, 3.05) is 17.3 Å². The molecule has 1 aromatic rings. The van der Waals surface area contributed by atoms with Gasteiger partial charge in [-0.3, -0.25) is 0 Å². The van der Waals surface area contributed by atoms with E-state index in [9.17, 15) is 0 Å². The van der Waals surface area contributed by atoms with Crippen LogP contribution in [0.15, 0.2) is 0 Å². The fourth-order valence-electron chi connectivity index (χ4n) is 2.77. The Morgan fingerprint density at radius 2 is 1.81 bits per heavy atom. The normalized spacial score (nSPS) is 17.2. The van der Waals surface area contributed by atoms with Crippen LogP contribution in [0, 0.1) is 12.3 Å². The van der Waals surface area contributed by atoms with Crippen molar-refractivity contribution >= 4 is 11.6 Å². The predicted octanol–water partition coefficient (Wildman–Crippen LogP) is 3.36. The van der Waals surface area contributed by atoms with Crippen LogP contribution in [0.3, 0.4) is 0 Å². The topological polar surface area (TPSA) is 75.9 Å². The second-order valence-corrected chi connectivity index (χ2v) is 7.32. The van der Waals surface area contributed by atoms with E-state index in [1.54, 1.807) is 0 Å². The van der Waals surface area contributed by atoms with Crippen LogP contribution in [0.4, 0.5) is 11.6 Å². The van der Waals surface area contributed by atoms with Crippen molar-refractivity contribution < 1.29 is 0 Å². The van der Waals surface area contributed by atoms with Gasteiger partial charge in [0.2, 0.25) is 0 Å². The highest BCUT2D eigenvalue weighted by molar-refractivity contribution is 5.57. The quantitative estimate of drug-likeness (QED) is 0.573. The molecule has 1 heterocycles. The third-order valence-corrected chi connectivity index (χ3v) is 4.75. The van der Waals surface area contributed by atoms with Crippen LogP contribution in [0.2, 0.25) is 0 Å². The van der Waals surface area contributed by atoms with E-state index in [-0.39, 0.29) is 5.41 Å². The molecule has 0 spiro atoms. The van der Waals surface area contributed by atoms with Gasteiger partial charge >= 0.3 is 0 Å². The molecule has 0 bridgehead atoms. The number of rotatable bonds is 5. The maximum Gasteiger partial charge on any atom is 0.148 e. The molecule has 1 saturated carbocycles. The SMILES string of the molecule is CCC1(CNc2nc(C(C)(C)C)nc(NN)c2C)CCC1. The summed E-state index contributed by atoms with van der Waals surface area (Å²) in [5, 5.41) is 3.55. The number of nitrogens with one attached hydrogen (secondary N) is 2. The number of anilines is 2. The van der Waals surface area contributed by atoms with Crippen LogP contribution in [0.25, 0.3) is 0 Å². The van der Waals surface area contributed by atoms with Crippen LogP contribution in [0.1, 0.15) is 64.8 Å². The van der Waals surface area contributed by atoms with E-state index in [2.05, 4.69) is 43.4 Å². The van der Waals surface area contributed by atoms with Gasteiger partial charge in [0.15, 0.2) is 0 Å². The van der Waals surface area contributed by atoms with Crippen LogP contribution >= 0.6 is 0 Å². The molecule has 21 heavy (non-hydrogen) atoms. The molecule has 5 heteroatoms. The Labute approximate surface area is 128 Å². The number of hydrogen-bond acceptors (Lipinski definition) is 5. The second kappa shape index (κ2) is 5.79.